The number of ketones is 2. The highest BCUT2D eigenvalue weighted by atomic mass is 79.9. The zero-order chi connectivity index (χ0) is 43.6. The number of nitrogens with one attached hydrogen (secondary N) is 2. The van der Waals surface area contributed by atoms with Crippen molar-refractivity contribution in [1.82, 2.24) is 19.9 Å². The Labute approximate surface area is 378 Å². The first kappa shape index (κ1) is 39.1. The minimum absolute atomic E-state index is 0.184. The Balaban J connectivity index is 1.20. The number of hydrogen-bond acceptors (Lipinski definition) is 4. The predicted octanol–water partition coefficient (Wildman–Crippen LogP) is 14.5. The summed E-state index contributed by atoms with van der Waals surface area (Å²) in [4.78, 5) is 45.6. The van der Waals surface area contributed by atoms with Crippen molar-refractivity contribution >= 4 is 79.4 Å². The Morgan fingerprint density at radius 3 is 1.12 bits per heavy atom. The number of rotatable bonds is 5. The Morgan fingerprint density at radius 2 is 0.750 bits per heavy atom. The number of halogens is 1. The van der Waals surface area contributed by atoms with E-state index in [9.17, 15) is 9.59 Å². The number of nitrogens with zero attached hydrogens (tertiary/aromatic N) is 2. The number of Topliss-reactive ketones (excluding diaryl/α,β-unsaturated/α-hetero) is 1. The minimum Gasteiger partial charge on any atom is -0.354 e. The second-order valence-corrected chi connectivity index (χ2v) is 17.5. The molecule has 0 fully saturated rings. The maximum atomic E-state index is 13.8. The van der Waals surface area contributed by atoms with Crippen molar-refractivity contribution in [3.8, 4) is 44.5 Å². The monoisotopic (exact) mass is 890 g/mol. The molecule has 64 heavy (non-hydrogen) atoms. The van der Waals surface area contributed by atoms with Crippen molar-refractivity contribution < 1.29 is 9.59 Å². The van der Waals surface area contributed by atoms with E-state index in [4.69, 9.17) is 9.97 Å². The summed E-state index contributed by atoms with van der Waals surface area (Å²) in [6, 6.07) is 47.3. The number of allylic oxidation sites excluding steroid dienone is 2. The molecule has 0 saturated heterocycles. The fraction of sp³-hybridized carbons (Fsp3) is 0.0526. The quantitative estimate of drug-likeness (QED) is 0.180. The summed E-state index contributed by atoms with van der Waals surface area (Å²) in [5.74, 6) is -0.372. The van der Waals surface area contributed by atoms with E-state index in [1.807, 2.05) is 24.3 Å². The molecule has 3 aliphatic rings. The number of carbonyl (C=O) groups is 2. The van der Waals surface area contributed by atoms with E-state index in [1.54, 1.807) is 18.2 Å². The lowest BCUT2D eigenvalue weighted by Crippen LogP contribution is -2.16. The Hall–Kier alpha value is -7.74. The van der Waals surface area contributed by atoms with Crippen LogP contribution in [0.1, 0.15) is 65.7 Å². The lowest BCUT2D eigenvalue weighted by molar-refractivity contribution is 0.100. The van der Waals surface area contributed by atoms with Crippen LogP contribution in [0.4, 0.5) is 0 Å². The van der Waals surface area contributed by atoms with Gasteiger partial charge in [-0.05, 0) is 121 Å². The van der Waals surface area contributed by atoms with E-state index in [1.165, 1.54) is 22.8 Å². The molecular weight excluding hydrogens is 853 g/mol. The fourth-order valence-corrected chi connectivity index (χ4v) is 9.31. The van der Waals surface area contributed by atoms with E-state index in [0.717, 1.165) is 93.8 Å². The molecule has 8 aromatic rings. The van der Waals surface area contributed by atoms with Gasteiger partial charge in [0.05, 0.1) is 22.8 Å². The van der Waals surface area contributed by atoms with Crippen LogP contribution in [0.2, 0.25) is 0 Å². The molecular formula is C57H39BrN4O2. The van der Waals surface area contributed by atoms with Gasteiger partial charge in [-0.3, -0.25) is 9.59 Å². The number of aryl methyl sites for hydroxylation is 3. The number of aromatic amines is 2. The number of aromatic nitrogens is 4. The van der Waals surface area contributed by atoms with E-state index >= 15 is 0 Å². The van der Waals surface area contributed by atoms with Gasteiger partial charge in [-0.2, -0.15) is 0 Å². The highest BCUT2D eigenvalue weighted by molar-refractivity contribution is 9.10. The average Bonchev–Trinajstić information content (AvgIpc) is 4.15. The maximum absolute atomic E-state index is 13.8. The first-order chi connectivity index (χ1) is 31.1. The Bertz CT molecular complexity index is 3490. The van der Waals surface area contributed by atoms with Crippen molar-refractivity contribution in [2.75, 3.05) is 0 Å². The highest BCUT2D eigenvalue weighted by Gasteiger charge is 2.27. The van der Waals surface area contributed by atoms with Crippen LogP contribution in [-0.2, 0) is 0 Å². The molecule has 8 bridgehead atoms. The van der Waals surface area contributed by atoms with E-state index in [-0.39, 0.29) is 11.6 Å². The average molecular weight is 892 g/mol. The van der Waals surface area contributed by atoms with Crippen LogP contribution in [0.3, 0.4) is 0 Å². The second kappa shape index (κ2) is 15.6. The standard InChI is InChI=1S/C57H39BrN4O2/c1-32-4-10-36(11-5-32)53-44-22-24-46(59-44)54(37-12-6-33(2)7-13-37)48-26-28-50(61-48)56(39-18-16-35(17-19-39)42-31-52(63)41-21-20-40(58)30-43(41)57(42)64)51-29-27-49(62-51)55(47-25-23-45(53)60-47)38-14-8-34(3)9-15-38/h4-31,59,62H,1-3H3. The molecule has 7 heteroatoms. The van der Waals surface area contributed by atoms with Gasteiger partial charge in [0.1, 0.15) is 0 Å². The molecule has 2 N–H and O–H groups in total. The molecule has 6 nitrogen and oxygen atoms in total. The third-order valence-electron chi connectivity index (χ3n) is 12.3. The number of fused-ring (bicyclic) bond motifs is 9. The molecule has 0 unspecified atom stereocenters. The molecule has 0 radical (unpaired) electrons. The number of H-pyrrole nitrogens is 2. The molecule has 0 amide bonds. The van der Waals surface area contributed by atoms with Crippen LogP contribution < -0.4 is 0 Å². The normalized spacial score (nSPS) is 13.0. The SMILES string of the molecule is Cc1ccc(-c2c3nc(c(-c4ccc(C)cc4)c4ccc([nH]4)c(-c4ccc(C5=CC(=O)c6ccc(Br)cc6C5=O)cc4)c4nc(c(-c5ccc(C)cc5)c5ccc2[nH]5)C=C4)C=C3)cc1. The summed E-state index contributed by atoms with van der Waals surface area (Å²) < 4.78 is 0.745. The van der Waals surface area contributed by atoms with Crippen molar-refractivity contribution in [3.63, 3.8) is 0 Å². The summed E-state index contributed by atoms with van der Waals surface area (Å²) in [7, 11) is 0. The van der Waals surface area contributed by atoms with Crippen LogP contribution >= 0.6 is 15.9 Å². The van der Waals surface area contributed by atoms with Crippen molar-refractivity contribution in [3.05, 3.63) is 206 Å². The molecule has 5 heterocycles. The van der Waals surface area contributed by atoms with Gasteiger partial charge >= 0.3 is 0 Å². The zero-order valence-electron chi connectivity index (χ0n) is 35.3. The minimum atomic E-state index is -0.188. The summed E-state index contributed by atoms with van der Waals surface area (Å²) in [6.45, 7) is 6.30. The largest absolute Gasteiger partial charge is 0.354 e. The number of hydrogen-bond donors (Lipinski definition) is 2. The maximum Gasteiger partial charge on any atom is 0.194 e. The van der Waals surface area contributed by atoms with Crippen molar-refractivity contribution in [1.29, 1.82) is 0 Å². The van der Waals surface area contributed by atoms with Crippen LogP contribution in [-0.4, -0.2) is 31.5 Å². The molecule has 3 aromatic heterocycles. The lowest BCUT2D eigenvalue weighted by Gasteiger charge is -2.16. The first-order valence-electron chi connectivity index (χ1n) is 21.2. The lowest BCUT2D eigenvalue weighted by atomic mass is 9.86. The second-order valence-electron chi connectivity index (χ2n) is 16.6. The molecule has 306 valence electrons. The molecule has 11 rings (SSSR count). The molecule has 0 saturated carbocycles. The summed E-state index contributed by atoms with van der Waals surface area (Å²) in [5, 5.41) is 0. The number of benzene rings is 5. The Kier molecular flexibility index (Phi) is 9.51. The number of carbonyl (C=O) groups excluding carboxylic acids is 2. The van der Waals surface area contributed by atoms with Gasteiger partial charge in [0.15, 0.2) is 11.6 Å². The molecule has 0 spiro atoms. The van der Waals surface area contributed by atoms with Crippen molar-refractivity contribution in [2.24, 2.45) is 0 Å². The van der Waals surface area contributed by atoms with Gasteiger partial charge in [-0.15, -0.1) is 0 Å². The van der Waals surface area contributed by atoms with E-state index < -0.39 is 0 Å². The molecule has 2 aliphatic heterocycles. The van der Waals surface area contributed by atoms with Gasteiger partial charge in [0, 0.05) is 65.5 Å². The molecule has 1 aliphatic carbocycles. The first-order valence-corrected chi connectivity index (χ1v) is 22.0. The zero-order valence-corrected chi connectivity index (χ0v) is 36.8. The summed E-state index contributed by atoms with van der Waals surface area (Å²) in [6.07, 6.45) is 9.86. The van der Waals surface area contributed by atoms with Crippen LogP contribution in [0.15, 0.2) is 150 Å². The topological polar surface area (TPSA) is 91.5 Å². The van der Waals surface area contributed by atoms with E-state index in [2.05, 4.69) is 168 Å². The predicted molar refractivity (Wildman–Crippen MR) is 266 cm³/mol. The molecule has 5 aromatic carbocycles. The molecule has 0 atom stereocenters. The van der Waals surface area contributed by atoms with Crippen LogP contribution in [0.25, 0.3) is 96.5 Å². The smallest absolute Gasteiger partial charge is 0.194 e. The van der Waals surface area contributed by atoms with Gasteiger partial charge in [0.25, 0.3) is 0 Å². The summed E-state index contributed by atoms with van der Waals surface area (Å²) in [5.41, 5.74) is 20.2. The third kappa shape index (κ3) is 6.91. The Morgan fingerprint density at radius 1 is 0.406 bits per heavy atom. The van der Waals surface area contributed by atoms with E-state index in [0.29, 0.717) is 22.3 Å². The van der Waals surface area contributed by atoms with Gasteiger partial charge in [-0.1, -0.05) is 130 Å². The van der Waals surface area contributed by atoms with Gasteiger partial charge < -0.3 is 9.97 Å². The van der Waals surface area contributed by atoms with Gasteiger partial charge in [-0.25, -0.2) is 9.97 Å². The van der Waals surface area contributed by atoms with Crippen molar-refractivity contribution in [2.45, 2.75) is 20.8 Å². The van der Waals surface area contributed by atoms with Gasteiger partial charge in [0.2, 0.25) is 0 Å². The van der Waals surface area contributed by atoms with Crippen LogP contribution in [0.5, 0.6) is 0 Å². The summed E-state index contributed by atoms with van der Waals surface area (Å²) >= 11 is 3.47. The third-order valence-corrected chi connectivity index (χ3v) is 12.8. The fourth-order valence-electron chi connectivity index (χ4n) is 8.95. The van der Waals surface area contributed by atoms with Crippen LogP contribution in [0, 0.1) is 20.8 Å². The highest BCUT2D eigenvalue weighted by Crippen LogP contribution is 2.39.